The minimum atomic E-state index is -3.63. The van der Waals surface area contributed by atoms with Crippen molar-refractivity contribution in [2.75, 3.05) is 37.7 Å². The fraction of sp³-hybridized carbons (Fsp3) is 0.636. The molecule has 1 aromatic carbocycles. The molecule has 1 fully saturated rings. The van der Waals surface area contributed by atoms with Crippen LogP contribution in [0.1, 0.15) is 45.6 Å². The number of amides is 2. The van der Waals surface area contributed by atoms with E-state index in [4.69, 9.17) is 4.74 Å². The highest BCUT2D eigenvalue weighted by Gasteiger charge is 2.34. The Balaban J connectivity index is 1.59. The largest absolute Gasteiger partial charge is 0.382 e. The number of carbonyl (C=O) groups excluding carboxylic acids is 2. The summed E-state index contributed by atoms with van der Waals surface area (Å²) in [6.45, 7) is 7.93. The monoisotopic (exact) mass is 451 g/mol. The zero-order chi connectivity index (χ0) is 22.6. The number of ether oxygens (including phenoxy) is 1. The molecule has 1 saturated heterocycles. The molecule has 8 nitrogen and oxygen atoms in total. The lowest BCUT2D eigenvalue weighted by molar-refractivity contribution is -0.126. The maximum atomic E-state index is 13.2. The first-order valence-electron chi connectivity index (χ1n) is 11.0. The molecule has 1 N–H and O–H groups in total. The zero-order valence-electron chi connectivity index (χ0n) is 18.6. The van der Waals surface area contributed by atoms with Crippen molar-refractivity contribution in [3.8, 4) is 0 Å². The molecule has 2 aliphatic heterocycles. The number of nitrogens with zero attached hydrogens (tertiary/aromatic N) is 2. The molecule has 0 spiro atoms. The van der Waals surface area contributed by atoms with E-state index in [0.29, 0.717) is 52.1 Å². The van der Waals surface area contributed by atoms with E-state index >= 15 is 0 Å². The molecule has 1 aromatic rings. The summed E-state index contributed by atoms with van der Waals surface area (Å²) in [4.78, 5) is 26.2. The number of hydrogen-bond acceptors (Lipinski definition) is 5. The SMILES string of the molecule is CCOCCCNC(=O)C1CCN(S(=O)(=O)c2ccc3c(c2)CC(C)N3C(C)=O)CC1. The Morgan fingerprint density at radius 2 is 1.94 bits per heavy atom. The van der Waals surface area contributed by atoms with Crippen LogP contribution in [-0.2, 0) is 30.8 Å². The van der Waals surface area contributed by atoms with Crippen molar-refractivity contribution in [1.29, 1.82) is 0 Å². The van der Waals surface area contributed by atoms with Gasteiger partial charge in [0.2, 0.25) is 21.8 Å². The molecule has 9 heteroatoms. The second-order valence-corrected chi connectivity index (χ2v) is 10.2. The first-order chi connectivity index (χ1) is 14.8. The Morgan fingerprint density at radius 3 is 2.58 bits per heavy atom. The topological polar surface area (TPSA) is 96.0 Å². The molecule has 1 unspecified atom stereocenters. The minimum Gasteiger partial charge on any atom is -0.382 e. The third kappa shape index (κ3) is 5.27. The molecule has 1 atom stereocenters. The number of benzene rings is 1. The van der Waals surface area contributed by atoms with Crippen molar-refractivity contribution in [3.63, 3.8) is 0 Å². The van der Waals surface area contributed by atoms with E-state index in [1.807, 2.05) is 13.8 Å². The van der Waals surface area contributed by atoms with Crippen molar-refractivity contribution >= 4 is 27.5 Å². The van der Waals surface area contributed by atoms with E-state index in [0.717, 1.165) is 17.7 Å². The number of fused-ring (bicyclic) bond motifs is 1. The molecule has 0 bridgehead atoms. The smallest absolute Gasteiger partial charge is 0.243 e. The Bertz CT molecular complexity index is 910. The summed E-state index contributed by atoms with van der Waals surface area (Å²) in [5.41, 5.74) is 1.67. The lowest BCUT2D eigenvalue weighted by atomic mass is 9.97. The summed E-state index contributed by atoms with van der Waals surface area (Å²) in [6, 6.07) is 5.03. The number of piperidine rings is 1. The van der Waals surface area contributed by atoms with Gasteiger partial charge in [0.05, 0.1) is 4.90 Å². The third-order valence-corrected chi connectivity index (χ3v) is 7.93. The second kappa shape index (κ2) is 10.1. The van der Waals surface area contributed by atoms with Gasteiger partial charge in [0.1, 0.15) is 0 Å². The first-order valence-corrected chi connectivity index (χ1v) is 12.5. The molecule has 0 saturated carbocycles. The van der Waals surface area contributed by atoms with E-state index in [1.165, 1.54) is 11.2 Å². The second-order valence-electron chi connectivity index (χ2n) is 8.25. The fourth-order valence-electron chi connectivity index (χ4n) is 4.43. The van der Waals surface area contributed by atoms with Gasteiger partial charge >= 0.3 is 0 Å². The van der Waals surface area contributed by atoms with Crippen LogP contribution in [0.5, 0.6) is 0 Å². The molecule has 2 heterocycles. The molecular weight excluding hydrogens is 418 g/mol. The number of hydrogen-bond donors (Lipinski definition) is 1. The summed E-state index contributed by atoms with van der Waals surface area (Å²) in [5.74, 6) is -0.215. The third-order valence-electron chi connectivity index (χ3n) is 6.04. The highest BCUT2D eigenvalue weighted by Crippen LogP contribution is 2.35. The molecule has 0 radical (unpaired) electrons. The Kier molecular flexibility index (Phi) is 7.72. The van der Waals surface area contributed by atoms with E-state index in [2.05, 4.69) is 5.32 Å². The number of sulfonamides is 1. The normalized spacial score (nSPS) is 20.0. The summed E-state index contributed by atoms with van der Waals surface area (Å²) in [5, 5.41) is 2.92. The number of anilines is 1. The number of carbonyl (C=O) groups is 2. The van der Waals surface area contributed by atoms with Gasteiger partial charge in [-0.15, -0.1) is 0 Å². The first kappa shape index (κ1) is 23.7. The highest BCUT2D eigenvalue weighted by atomic mass is 32.2. The molecule has 31 heavy (non-hydrogen) atoms. The molecule has 2 aliphatic rings. The van der Waals surface area contributed by atoms with Crippen molar-refractivity contribution in [2.24, 2.45) is 5.92 Å². The summed E-state index contributed by atoms with van der Waals surface area (Å²) in [6.07, 6.45) is 2.43. The van der Waals surface area contributed by atoms with Gasteiger partial charge in [-0.2, -0.15) is 4.31 Å². The van der Waals surface area contributed by atoms with Crippen LogP contribution in [0.3, 0.4) is 0 Å². The maximum Gasteiger partial charge on any atom is 0.243 e. The van der Waals surface area contributed by atoms with Crippen LogP contribution in [0.4, 0.5) is 5.69 Å². The van der Waals surface area contributed by atoms with Crippen molar-refractivity contribution in [3.05, 3.63) is 23.8 Å². The summed E-state index contributed by atoms with van der Waals surface area (Å²) >= 11 is 0. The van der Waals surface area contributed by atoms with Gasteiger partial charge in [0.15, 0.2) is 0 Å². The van der Waals surface area contributed by atoms with E-state index < -0.39 is 10.0 Å². The van der Waals surface area contributed by atoms with Crippen molar-refractivity contribution in [1.82, 2.24) is 9.62 Å². The van der Waals surface area contributed by atoms with Crippen LogP contribution in [0, 0.1) is 5.92 Å². The van der Waals surface area contributed by atoms with E-state index in [1.54, 1.807) is 23.1 Å². The lowest BCUT2D eigenvalue weighted by Crippen LogP contribution is -2.43. The van der Waals surface area contributed by atoms with Crippen molar-refractivity contribution < 1.29 is 22.7 Å². The summed E-state index contributed by atoms with van der Waals surface area (Å²) in [7, 11) is -3.63. The van der Waals surface area contributed by atoms with Gasteiger partial charge in [-0.3, -0.25) is 9.59 Å². The lowest BCUT2D eigenvalue weighted by Gasteiger charge is -2.30. The van der Waals surface area contributed by atoms with Gasteiger partial charge in [0, 0.05) is 57.4 Å². The predicted molar refractivity (Wildman–Crippen MR) is 118 cm³/mol. The van der Waals surface area contributed by atoms with Gasteiger partial charge < -0.3 is 15.0 Å². The van der Waals surface area contributed by atoms with Gasteiger partial charge in [-0.1, -0.05) is 0 Å². The molecule has 172 valence electrons. The quantitative estimate of drug-likeness (QED) is 0.610. The van der Waals surface area contributed by atoms with Crippen molar-refractivity contribution in [2.45, 2.75) is 57.4 Å². The van der Waals surface area contributed by atoms with E-state index in [9.17, 15) is 18.0 Å². The maximum absolute atomic E-state index is 13.2. The standard InChI is InChI=1S/C22H33N3O5S/c1-4-30-13-5-10-23-22(27)18-8-11-24(12-9-18)31(28,29)20-6-7-21-19(15-20)14-16(2)25(21)17(3)26/h6-7,15-16,18H,4-5,8-14H2,1-3H3,(H,23,27). The van der Waals surface area contributed by atoms with Crippen LogP contribution < -0.4 is 10.2 Å². The number of rotatable bonds is 8. The number of nitrogens with one attached hydrogen (secondary N) is 1. The minimum absolute atomic E-state index is 0.00983. The van der Waals surface area contributed by atoms with Crippen LogP contribution in [0.15, 0.2) is 23.1 Å². The van der Waals surface area contributed by atoms with Gasteiger partial charge in [0.25, 0.3) is 0 Å². The highest BCUT2D eigenvalue weighted by molar-refractivity contribution is 7.89. The average Bonchev–Trinajstić information content (AvgIpc) is 3.08. The van der Waals surface area contributed by atoms with E-state index in [-0.39, 0.29) is 28.7 Å². The Morgan fingerprint density at radius 1 is 1.23 bits per heavy atom. The molecule has 3 rings (SSSR count). The molecule has 2 amide bonds. The molecule has 0 aromatic heterocycles. The average molecular weight is 452 g/mol. The van der Waals surface area contributed by atoms with Crippen LogP contribution in [0.2, 0.25) is 0 Å². The van der Waals surface area contributed by atoms with Crippen LogP contribution in [-0.4, -0.2) is 63.4 Å². The molecule has 0 aliphatic carbocycles. The fourth-order valence-corrected chi connectivity index (χ4v) is 5.95. The summed E-state index contributed by atoms with van der Waals surface area (Å²) < 4.78 is 33.1. The van der Waals surface area contributed by atoms with Gasteiger partial charge in [-0.05, 0) is 63.3 Å². The molecular formula is C22H33N3O5S. The van der Waals surface area contributed by atoms with Gasteiger partial charge in [-0.25, -0.2) is 8.42 Å². The zero-order valence-corrected chi connectivity index (χ0v) is 19.4. The Hall–Kier alpha value is -1.97. The van der Waals surface area contributed by atoms with Crippen LogP contribution in [0.25, 0.3) is 0 Å². The predicted octanol–water partition coefficient (Wildman–Crippen LogP) is 1.93. The Labute approximate surface area is 185 Å². The van der Waals surface area contributed by atoms with Crippen LogP contribution >= 0.6 is 0 Å².